The average molecular weight is 215 g/mol. The highest BCUT2D eigenvalue weighted by atomic mass is 16.4. The molecule has 15 heavy (non-hydrogen) atoms. The first-order valence-electron chi connectivity index (χ1n) is 5.87. The molecule has 0 spiro atoms. The predicted octanol–water partition coefficient (Wildman–Crippen LogP) is 2.61. The summed E-state index contributed by atoms with van der Waals surface area (Å²) in [6, 6.07) is 0.904. The third-order valence-corrected chi connectivity index (χ3v) is 2.86. The van der Waals surface area contributed by atoms with Gasteiger partial charge in [0.1, 0.15) is 0 Å². The van der Waals surface area contributed by atoms with Crippen LogP contribution in [0.15, 0.2) is 0 Å². The zero-order valence-electron chi connectivity index (χ0n) is 10.7. The Morgan fingerprint density at radius 3 is 2.07 bits per heavy atom. The van der Waals surface area contributed by atoms with E-state index in [-0.39, 0.29) is 6.42 Å². The Morgan fingerprint density at radius 1 is 1.27 bits per heavy atom. The Labute approximate surface area is 93.5 Å². The van der Waals surface area contributed by atoms with Crippen molar-refractivity contribution in [2.75, 3.05) is 6.54 Å². The molecular weight excluding hydrogens is 190 g/mol. The van der Waals surface area contributed by atoms with Crippen LogP contribution in [0.1, 0.15) is 47.5 Å². The summed E-state index contributed by atoms with van der Waals surface area (Å²) in [5.74, 6) is -0.134. The Balaban J connectivity index is 4.41. The average Bonchev–Trinajstić information content (AvgIpc) is 2.10. The fourth-order valence-electron chi connectivity index (χ4n) is 2.12. The van der Waals surface area contributed by atoms with Gasteiger partial charge in [-0.1, -0.05) is 20.8 Å². The van der Waals surface area contributed by atoms with Gasteiger partial charge >= 0.3 is 5.97 Å². The number of carbonyl (C=O) groups is 1. The molecule has 1 unspecified atom stereocenters. The number of carboxylic acids is 1. The molecule has 0 heterocycles. The highest BCUT2D eigenvalue weighted by Crippen LogP contribution is 2.17. The zero-order chi connectivity index (χ0) is 12.0. The van der Waals surface area contributed by atoms with E-state index in [2.05, 4.69) is 39.5 Å². The first-order valence-corrected chi connectivity index (χ1v) is 5.87. The van der Waals surface area contributed by atoms with Crippen LogP contribution in [0.4, 0.5) is 0 Å². The molecule has 0 aromatic rings. The molecule has 0 amide bonds. The summed E-state index contributed by atoms with van der Waals surface area (Å²) in [7, 11) is 0. The Hall–Kier alpha value is -0.570. The molecule has 0 radical (unpaired) electrons. The first kappa shape index (κ1) is 14.4. The van der Waals surface area contributed by atoms with Crippen molar-refractivity contribution in [3.63, 3.8) is 0 Å². The summed E-state index contributed by atoms with van der Waals surface area (Å²) < 4.78 is 0. The van der Waals surface area contributed by atoms with E-state index in [4.69, 9.17) is 5.11 Å². The van der Waals surface area contributed by atoms with Crippen LogP contribution in [0.5, 0.6) is 0 Å². The summed E-state index contributed by atoms with van der Waals surface area (Å²) in [4.78, 5) is 12.9. The van der Waals surface area contributed by atoms with Gasteiger partial charge in [0.05, 0.1) is 6.42 Å². The molecule has 90 valence electrons. The first-order chi connectivity index (χ1) is 6.90. The fourth-order valence-corrected chi connectivity index (χ4v) is 2.12. The minimum Gasteiger partial charge on any atom is -0.481 e. The molecule has 0 aliphatic rings. The molecule has 1 atom stereocenters. The van der Waals surface area contributed by atoms with Crippen LogP contribution >= 0.6 is 0 Å². The largest absolute Gasteiger partial charge is 0.481 e. The highest BCUT2D eigenvalue weighted by molar-refractivity contribution is 5.66. The molecule has 0 aliphatic carbocycles. The molecule has 0 aromatic carbocycles. The fraction of sp³-hybridized carbons (Fsp3) is 0.917. The van der Waals surface area contributed by atoms with Gasteiger partial charge in [0, 0.05) is 18.6 Å². The number of carboxylic acid groups (broad SMARTS) is 1. The molecule has 3 heteroatoms. The van der Waals surface area contributed by atoms with Crippen molar-refractivity contribution in [3.05, 3.63) is 0 Å². The molecule has 0 bridgehead atoms. The van der Waals surface area contributed by atoms with Crippen LogP contribution in [0, 0.1) is 5.92 Å². The lowest BCUT2D eigenvalue weighted by atomic mass is 9.98. The molecule has 3 nitrogen and oxygen atoms in total. The number of nitrogens with zero attached hydrogens (tertiary/aromatic N) is 1. The van der Waals surface area contributed by atoms with Gasteiger partial charge in [0.2, 0.25) is 0 Å². The summed E-state index contributed by atoms with van der Waals surface area (Å²) >= 11 is 0. The van der Waals surface area contributed by atoms with Gasteiger partial charge in [-0.25, -0.2) is 0 Å². The predicted molar refractivity (Wildman–Crippen MR) is 63.0 cm³/mol. The lowest BCUT2D eigenvalue weighted by Gasteiger charge is -2.36. The molecule has 0 aliphatic heterocycles. The highest BCUT2D eigenvalue weighted by Gasteiger charge is 2.22. The normalized spacial score (nSPS) is 13.9. The van der Waals surface area contributed by atoms with Gasteiger partial charge in [0.25, 0.3) is 0 Å². The molecule has 0 aromatic heterocycles. The van der Waals surface area contributed by atoms with Crippen LogP contribution in [0.2, 0.25) is 0 Å². The second kappa shape index (κ2) is 6.83. The third-order valence-electron chi connectivity index (χ3n) is 2.86. The van der Waals surface area contributed by atoms with Crippen LogP contribution in [0.3, 0.4) is 0 Å². The van der Waals surface area contributed by atoms with Gasteiger partial charge in [0.15, 0.2) is 0 Å². The standard InChI is InChI=1S/C12H25NO2/c1-6-11(9(2)3)13(10(4)5)8-7-12(14)15/h9-11H,6-8H2,1-5H3,(H,14,15). The van der Waals surface area contributed by atoms with Crippen molar-refractivity contribution in [2.45, 2.75) is 59.5 Å². The lowest BCUT2D eigenvalue weighted by Crippen LogP contribution is -2.44. The van der Waals surface area contributed by atoms with Crippen molar-refractivity contribution < 1.29 is 9.90 Å². The van der Waals surface area contributed by atoms with Gasteiger partial charge < -0.3 is 5.11 Å². The summed E-state index contributed by atoms with van der Waals surface area (Å²) in [5.41, 5.74) is 0. The minimum atomic E-state index is -0.709. The van der Waals surface area contributed by atoms with Crippen molar-refractivity contribution >= 4 is 5.97 Å². The van der Waals surface area contributed by atoms with Crippen LogP contribution in [0.25, 0.3) is 0 Å². The smallest absolute Gasteiger partial charge is 0.304 e. The van der Waals surface area contributed by atoms with E-state index in [9.17, 15) is 4.79 Å². The minimum absolute atomic E-state index is 0.238. The molecule has 0 fully saturated rings. The molecular formula is C12H25NO2. The van der Waals surface area contributed by atoms with Gasteiger partial charge in [-0.2, -0.15) is 0 Å². The number of hydrogen-bond donors (Lipinski definition) is 1. The SMILES string of the molecule is CCC(C(C)C)N(CCC(=O)O)C(C)C. The Kier molecular flexibility index (Phi) is 6.57. The maximum atomic E-state index is 10.6. The summed E-state index contributed by atoms with van der Waals surface area (Å²) in [6.07, 6.45) is 1.32. The maximum Gasteiger partial charge on any atom is 0.304 e. The number of aliphatic carboxylic acids is 1. The summed E-state index contributed by atoms with van der Waals surface area (Å²) in [6.45, 7) is 11.5. The topological polar surface area (TPSA) is 40.5 Å². The monoisotopic (exact) mass is 215 g/mol. The maximum absolute atomic E-state index is 10.6. The van der Waals surface area contributed by atoms with E-state index in [1.54, 1.807) is 0 Å². The van der Waals surface area contributed by atoms with Crippen LogP contribution in [-0.2, 0) is 4.79 Å². The van der Waals surface area contributed by atoms with E-state index < -0.39 is 5.97 Å². The quantitative estimate of drug-likeness (QED) is 0.709. The van der Waals surface area contributed by atoms with Crippen molar-refractivity contribution in [1.82, 2.24) is 4.90 Å². The van der Waals surface area contributed by atoms with Gasteiger partial charge in [-0.3, -0.25) is 9.69 Å². The Morgan fingerprint density at radius 2 is 1.80 bits per heavy atom. The van der Waals surface area contributed by atoms with Crippen LogP contribution in [-0.4, -0.2) is 34.6 Å². The second-order valence-electron chi connectivity index (χ2n) is 4.69. The van der Waals surface area contributed by atoms with Crippen molar-refractivity contribution in [2.24, 2.45) is 5.92 Å². The second-order valence-corrected chi connectivity index (χ2v) is 4.69. The molecule has 0 saturated heterocycles. The van der Waals surface area contributed by atoms with Crippen LogP contribution < -0.4 is 0 Å². The number of rotatable bonds is 7. The summed E-state index contributed by atoms with van der Waals surface area (Å²) in [5, 5.41) is 8.71. The van der Waals surface area contributed by atoms with Gasteiger partial charge in [-0.05, 0) is 26.2 Å². The van der Waals surface area contributed by atoms with E-state index in [0.29, 0.717) is 24.5 Å². The Bertz CT molecular complexity index is 190. The lowest BCUT2D eigenvalue weighted by molar-refractivity contribution is -0.137. The molecule has 0 rings (SSSR count). The number of hydrogen-bond acceptors (Lipinski definition) is 2. The van der Waals surface area contributed by atoms with E-state index in [1.807, 2.05) is 0 Å². The van der Waals surface area contributed by atoms with Crippen molar-refractivity contribution in [3.8, 4) is 0 Å². The van der Waals surface area contributed by atoms with E-state index >= 15 is 0 Å². The third kappa shape index (κ3) is 5.17. The van der Waals surface area contributed by atoms with Gasteiger partial charge in [-0.15, -0.1) is 0 Å². The van der Waals surface area contributed by atoms with E-state index in [0.717, 1.165) is 6.42 Å². The van der Waals surface area contributed by atoms with E-state index in [1.165, 1.54) is 0 Å². The molecule has 0 saturated carbocycles. The molecule has 1 N–H and O–H groups in total. The van der Waals surface area contributed by atoms with Crippen molar-refractivity contribution in [1.29, 1.82) is 0 Å². The zero-order valence-corrected chi connectivity index (χ0v) is 10.7.